The van der Waals surface area contributed by atoms with Crippen molar-refractivity contribution >= 4 is 11.5 Å². The topological polar surface area (TPSA) is 50.4 Å². The number of alkyl halides is 1. The Bertz CT molecular complexity index is 476. The highest BCUT2D eigenvalue weighted by Gasteiger charge is 2.17. The van der Waals surface area contributed by atoms with Crippen molar-refractivity contribution in [2.75, 3.05) is 6.67 Å². The van der Waals surface area contributed by atoms with E-state index in [9.17, 15) is 4.39 Å². The Morgan fingerprint density at radius 1 is 1.35 bits per heavy atom. The van der Waals surface area contributed by atoms with E-state index in [2.05, 4.69) is 10.3 Å². The molecule has 0 aliphatic rings. The molecule has 1 aromatic rings. The van der Waals surface area contributed by atoms with Gasteiger partial charge in [-0.25, -0.2) is 4.99 Å². The van der Waals surface area contributed by atoms with E-state index in [0.29, 0.717) is 11.5 Å². The molecule has 0 fully saturated rings. The molecular formula is C16H24FN3. The van der Waals surface area contributed by atoms with Gasteiger partial charge in [0.15, 0.2) is 0 Å². The third-order valence-corrected chi connectivity index (χ3v) is 2.61. The average molecular weight is 277 g/mol. The van der Waals surface area contributed by atoms with Crippen LogP contribution < -0.4 is 11.1 Å². The second kappa shape index (κ2) is 7.08. The first-order chi connectivity index (χ1) is 9.34. The van der Waals surface area contributed by atoms with E-state index in [-0.39, 0.29) is 6.04 Å². The standard InChI is InChI=1S/C16H24FN3/c1-12(2)19-14(10-16(3,4)11-17)15(18)20-13-8-6-5-7-9-13/h5-10,12,19H,11H2,1-4H3,(H2,18,20)/b14-10+. The van der Waals surface area contributed by atoms with Crippen LogP contribution in [0.4, 0.5) is 10.1 Å². The molecule has 0 amide bonds. The predicted molar refractivity (Wildman–Crippen MR) is 83.8 cm³/mol. The summed E-state index contributed by atoms with van der Waals surface area (Å²) in [4.78, 5) is 4.37. The maximum atomic E-state index is 13.0. The lowest BCUT2D eigenvalue weighted by atomic mass is 9.94. The largest absolute Gasteiger partial charge is 0.382 e. The van der Waals surface area contributed by atoms with Gasteiger partial charge in [-0.05, 0) is 32.1 Å². The Morgan fingerprint density at radius 3 is 2.45 bits per heavy atom. The van der Waals surface area contributed by atoms with E-state index < -0.39 is 12.1 Å². The Morgan fingerprint density at radius 2 is 1.95 bits per heavy atom. The number of para-hydroxylation sites is 1. The molecule has 1 rings (SSSR count). The first kappa shape index (κ1) is 16.2. The fourth-order valence-corrected chi connectivity index (χ4v) is 1.63. The van der Waals surface area contributed by atoms with Gasteiger partial charge >= 0.3 is 0 Å². The molecule has 0 aromatic heterocycles. The van der Waals surface area contributed by atoms with Gasteiger partial charge in [0.25, 0.3) is 0 Å². The van der Waals surface area contributed by atoms with E-state index in [4.69, 9.17) is 5.73 Å². The summed E-state index contributed by atoms with van der Waals surface area (Å²) < 4.78 is 13.0. The van der Waals surface area contributed by atoms with Crippen LogP contribution in [0, 0.1) is 5.41 Å². The van der Waals surface area contributed by atoms with Crippen LogP contribution in [0.1, 0.15) is 27.7 Å². The fourth-order valence-electron chi connectivity index (χ4n) is 1.63. The van der Waals surface area contributed by atoms with Crippen LogP contribution in [-0.4, -0.2) is 18.6 Å². The van der Waals surface area contributed by atoms with Gasteiger partial charge in [0, 0.05) is 11.5 Å². The minimum absolute atomic E-state index is 0.196. The monoisotopic (exact) mass is 277 g/mol. The van der Waals surface area contributed by atoms with Crippen LogP contribution in [0.5, 0.6) is 0 Å². The molecule has 0 spiro atoms. The number of nitrogens with two attached hydrogens (primary N) is 1. The van der Waals surface area contributed by atoms with Gasteiger partial charge in [-0.1, -0.05) is 32.0 Å². The van der Waals surface area contributed by atoms with Gasteiger partial charge in [0.05, 0.1) is 18.1 Å². The van der Waals surface area contributed by atoms with Crippen LogP contribution in [0.25, 0.3) is 0 Å². The van der Waals surface area contributed by atoms with Crippen molar-refractivity contribution in [3.8, 4) is 0 Å². The molecule has 0 aliphatic carbocycles. The Hall–Kier alpha value is -1.84. The molecule has 20 heavy (non-hydrogen) atoms. The third kappa shape index (κ3) is 5.43. The highest BCUT2D eigenvalue weighted by Crippen LogP contribution is 2.20. The summed E-state index contributed by atoms with van der Waals surface area (Å²) in [6.45, 7) is 7.21. The molecule has 0 radical (unpaired) electrons. The molecule has 0 saturated heterocycles. The maximum absolute atomic E-state index is 13.0. The Labute approximate surface area is 120 Å². The number of aliphatic imine (C=N–C) groups is 1. The highest BCUT2D eigenvalue weighted by atomic mass is 19.1. The summed E-state index contributed by atoms with van der Waals surface area (Å²) >= 11 is 0. The van der Waals surface area contributed by atoms with Crippen molar-refractivity contribution < 1.29 is 4.39 Å². The molecule has 4 heteroatoms. The smallest absolute Gasteiger partial charge is 0.147 e. The third-order valence-electron chi connectivity index (χ3n) is 2.61. The quantitative estimate of drug-likeness (QED) is 0.617. The summed E-state index contributed by atoms with van der Waals surface area (Å²) in [6, 6.07) is 9.67. The Kier molecular flexibility index (Phi) is 5.74. The maximum Gasteiger partial charge on any atom is 0.147 e. The number of hydrogen-bond donors (Lipinski definition) is 2. The molecule has 110 valence electrons. The number of allylic oxidation sites excluding steroid dienone is 1. The molecular weight excluding hydrogens is 253 g/mol. The second-order valence-electron chi connectivity index (χ2n) is 5.81. The number of hydrogen-bond acceptors (Lipinski definition) is 2. The van der Waals surface area contributed by atoms with Gasteiger partial charge in [0.1, 0.15) is 5.84 Å². The lowest BCUT2D eigenvalue weighted by Gasteiger charge is -2.20. The first-order valence-electron chi connectivity index (χ1n) is 6.79. The van der Waals surface area contributed by atoms with Crippen LogP contribution >= 0.6 is 0 Å². The fraction of sp³-hybridized carbons (Fsp3) is 0.438. The van der Waals surface area contributed by atoms with Gasteiger partial charge in [-0.2, -0.15) is 0 Å². The summed E-state index contributed by atoms with van der Waals surface area (Å²) in [5.41, 5.74) is 6.93. The minimum Gasteiger partial charge on any atom is -0.382 e. The SMILES string of the molecule is CC(C)N/C(=C/C(C)(C)CF)C(N)=Nc1ccccc1. The van der Waals surface area contributed by atoms with Crippen molar-refractivity contribution in [3.05, 3.63) is 42.1 Å². The zero-order valence-electron chi connectivity index (χ0n) is 12.7. The van der Waals surface area contributed by atoms with Crippen LogP contribution in [0.15, 0.2) is 47.1 Å². The molecule has 0 aliphatic heterocycles. The lowest BCUT2D eigenvalue weighted by Crippen LogP contribution is -2.33. The molecule has 0 saturated carbocycles. The van der Waals surface area contributed by atoms with E-state index in [1.54, 1.807) is 6.08 Å². The van der Waals surface area contributed by atoms with Crippen molar-refractivity contribution in [2.24, 2.45) is 16.1 Å². The molecule has 3 N–H and O–H groups in total. The van der Waals surface area contributed by atoms with Gasteiger partial charge in [-0.3, -0.25) is 4.39 Å². The molecule has 0 unspecified atom stereocenters. The summed E-state index contributed by atoms with van der Waals surface area (Å²) in [5.74, 6) is 0.367. The van der Waals surface area contributed by atoms with Crippen LogP contribution in [0.2, 0.25) is 0 Å². The zero-order chi connectivity index (χ0) is 15.2. The van der Waals surface area contributed by atoms with Crippen molar-refractivity contribution in [1.82, 2.24) is 5.32 Å². The van der Waals surface area contributed by atoms with Crippen molar-refractivity contribution in [3.63, 3.8) is 0 Å². The first-order valence-corrected chi connectivity index (χ1v) is 6.79. The number of rotatable bonds is 6. The second-order valence-corrected chi connectivity index (χ2v) is 5.81. The highest BCUT2D eigenvalue weighted by molar-refractivity contribution is 5.98. The lowest BCUT2D eigenvalue weighted by molar-refractivity contribution is 0.321. The number of halogens is 1. The average Bonchev–Trinajstić information content (AvgIpc) is 2.38. The van der Waals surface area contributed by atoms with Gasteiger partial charge < -0.3 is 11.1 Å². The number of nitrogens with zero attached hydrogens (tertiary/aromatic N) is 1. The van der Waals surface area contributed by atoms with Gasteiger partial charge in [0.2, 0.25) is 0 Å². The van der Waals surface area contributed by atoms with E-state index in [1.165, 1.54) is 0 Å². The normalized spacial score (nSPS) is 13.7. The van der Waals surface area contributed by atoms with E-state index in [0.717, 1.165) is 5.69 Å². The van der Waals surface area contributed by atoms with Crippen LogP contribution in [-0.2, 0) is 0 Å². The van der Waals surface area contributed by atoms with Crippen molar-refractivity contribution in [1.29, 1.82) is 0 Å². The van der Waals surface area contributed by atoms with E-state index >= 15 is 0 Å². The molecule has 0 bridgehead atoms. The summed E-state index contributed by atoms with van der Waals surface area (Å²) in [7, 11) is 0. The molecule has 3 nitrogen and oxygen atoms in total. The van der Waals surface area contributed by atoms with Crippen molar-refractivity contribution in [2.45, 2.75) is 33.7 Å². The molecule has 0 atom stereocenters. The van der Waals surface area contributed by atoms with E-state index in [1.807, 2.05) is 58.0 Å². The number of benzene rings is 1. The molecule has 1 aromatic carbocycles. The summed E-state index contributed by atoms with van der Waals surface area (Å²) in [5, 5.41) is 3.23. The van der Waals surface area contributed by atoms with Crippen LogP contribution in [0.3, 0.4) is 0 Å². The summed E-state index contributed by atoms with van der Waals surface area (Å²) in [6.07, 6.45) is 1.80. The van der Waals surface area contributed by atoms with Gasteiger partial charge in [-0.15, -0.1) is 0 Å². The molecule has 0 heterocycles. The number of amidine groups is 1. The number of nitrogens with one attached hydrogen (secondary N) is 1. The Balaban J connectivity index is 3.08. The zero-order valence-corrected chi connectivity index (χ0v) is 12.7. The predicted octanol–water partition coefficient (Wildman–Crippen LogP) is 3.55. The minimum atomic E-state index is -0.575.